The second-order valence-corrected chi connectivity index (χ2v) is 9.90. The quantitative estimate of drug-likeness (QED) is 0.430. The van der Waals surface area contributed by atoms with E-state index in [1.807, 2.05) is 36.4 Å². The molecule has 0 bridgehead atoms. The number of alkyl halides is 2. The summed E-state index contributed by atoms with van der Waals surface area (Å²) < 4.78 is 63.2. The molecule has 0 aliphatic heterocycles. The zero-order chi connectivity index (χ0) is 25.2. The number of carbonyl (C=O) groups is 1. The van der Waals surface area contributed by atoms with E-state index >= 15 is 0 Å². The van der Waals surface area contributed by atoms with Crippen LogP contribution in [0.25, 0.3) is 11.1 Å². The normalized spacial score (nSPS) is 14.7. The molecule has 0 saturated heterocycles. The second-order valence-electron chi connectivity index (χ2n) is 8.04. The molecular formula is C25H23F2NO6S. The van der Waals surface area contributed by atoms with E-state index in [9.17, 15) is 27.1 Å². The average Bonchev–Trinajstić information content (AvgIpc) is 3.64. The van der Waals surface area contributed by atoms with Crippen molar-refractivity contribution in [2.75, 3.05) is 13.7 Å². The highest BCUT2D eigenvalue weighted by Crippen LogP contribution is 2.56. The van der Waals surface area contributed by atoms with E-state index in [2.05, 4.69) is 4.74 Å². The standard InChI is InChI=1S/C25H23F2NO6S/c1-33-23-20(17-6-3-2-4-7-17)8-5-9-21(23)25(14-15-25)28(16-22(29)30)35(31,32)19-12-10-18(11-13-19)34-24(26)27/h2-13,24H,14-16H2,1H3,(H,29,30). The highest BCUT2D eigenvalue weighted by molar-refractivity contribution is 7.89. The SMILES string of the molecule is COc1c(-c2ccccc2)cccc1C1(N(CC(=O)O)S(=O)(=O)c2ccc(OC(F)F)cc2)CC1. The number of benzene rings is 3. The van der Waals surface area contributed by atoms with Gasteiger partial charge >= 0.3 is 12.6 Å². The Morgan fingerprint density at radius 1 is 1.03 bits per heavy atom. The molecule has 0 atom stereocenters. The lowest BCUT2D eigenvalue weighted by Gasteiger charge is -2.32. The van der Waals surface area contributed by atoms with Gasteiger partial charge in [-0.2, -0.15) is 13.1 Å². The Balaban J connectivity index is 1.80. The zero-order valence-electron chi connectivity index (χ0n) is 18.7. The number of sulfonamides is 1. The molecule has 0 heterocycles. The summed E-state index contributed by atoms with van der Waals surface area (Å²) in [6.45, 7) is -3.84. The number of carboxylic acids is 1. The summed E-state index contributed by atoms with van der Waals surface area (Å²) in [6, 6.07) is 19.2. The van der Waals surface area contributed by atoms with Gasteiger partial charge in [-0.05, 0) is 42.7 Å². The topological polar surface area (TPSA) is 93.1 Å². The lowest BCUT2D eigenvalue weighted by atomic mass is 9.96. The number of hydrogen-bond acceptors (Lipinski definition) is 5. The third-order valence-corrected chi connectivity index (χ3v) is 7.85. The molecular weight excluding hydrogens is 480 g/mol. The van der Waals surface area contributed by atoms with Gasteiger partial charge < -0.3 is 14.6 Å². The molecule has 0 amide bonds. The largest absolute Gasteiger partial charge is 0.496 e. The first-order valence-electron chi connectivity index (χ1n) is 10.7. The summed E-state index contributed by atoms with van der Waals surface area (Å²) in [5.74, 6) is -1.07. The van der Waals surface area contributed by atoms with Crippen molar-refractivity contribution >= 4 is 16.0 Å². The van der Waals surface area contributed by atoms with E-state index in [0.29, 0.717) is 24.2 Å². The van der Waals surface area contributed by atoms with Crippen LogP contribution in [-0.2, 0) is 20.4 Å². The Morgan fingerprint density at radius 2 is 1.69 bits per heavy atom. The van der Waals surface area contributed by atoms with Gasteiger partial charge in [-0.15, -0.1) is 0 Å². The molecule has 1 aliphatic carbocycles. The molecule has 1 fully saturated rings. The van der Waals surface area contributed by atoms with Crippen LogP contribution in [0.15, 0.2) is 77.7 Å². The molecule has 35 heavy (non-hydrogen) atoms. The molecule has 1 N–H and O–H groups in total. The first-order valence-corrected chi connectivity index (χ1v) is 12.2. The molecule has 7 nitrogen and oxygen atoms in total. The van der Waals surface area contributed by atoms with Gasteiger partial charge in [0.25, 0.3) is 0 Å². The Labute approximate surface area is 201 Å². The number of ether oxygens (including phenoxy) is 2. The maximum absolute atomic E-state index is 13.6. The fourth-order valence-corrected chi connectivity index (χ4v) is 6.01. The van der Waals surface area contributed by atoms with E-state index < -0.39 is 34.7 Å². The molecule has 0 radical (unpaired) electrons. The summed E-state index contributed by atoms with van der Waals surface area (Å²) in [5, 5.41) is 9.59. The van der Waals surface area contributed by atoms with Crippen LogP contribution in [0.4, 0.5) is 8.78 Å². The van der Waals surface area contributed by atoms with Crippen molar-refractivity contribution in [1.29, 1.82) is 0 Å². The van der Waals surface area contributed by atoms with Gasteiger partial charge in [-0.1, -0.05) is 48.5 Å². The number of rotatable bonds is 10. The van der Waals surface area contributed by atoms with Crippen molar-refractivity contribution in [3.8, 4) is 22.6 Å². The first kappa shape index (κ1) is 24.6. The Hall–Kier alpha value is -3.50. The van der Waals surface area contributed by atoms with Gasteiger partial charge in [0.1, 0.15) is 18.0 Å². The third kappa shape index (κ3) is 4.85. The van der Waals surface area contributed by atoms with E-state index in [1.165, 1.54) is 7.11 Å². The van der Waals surface area contributed by atoms with Gasteiger partial charge in [0.05, 0.1) is 17.5 Å². The summed E-state index contributed by atoms with van der Waals surface area (Å²) in [6.07, 6.45) is 0.779. The van der Waals surface area contributed by atoms with Crippen LogP contribution in [0.3, 0.4) is 0 Å². The lowest BCUT2D eigenvalue weighted by Crippen LogP contribution is -2.43. The number of aliphatic carboxylic acids is 1. The minimum Gasteiger partial charge on any atom is -0.496 e. The van der Waals surface area contributed by atoms with Crippen molar-refractivity contribution in [2.24, 2.45) is 0 Å². The zero-order valence-corrected chi connectivity index (χ0v) is 19.5. The van der Waals surface area contributed by atoms with Crippen LogP contribution in [0, 0.1) is 0 Å². The molecule has 184 valence electrons. The lowest BCUT2D eigenvalue weighted by molar-refractivity contribution is -0.137. The van der Waals surface area contributed by atoms with Crippen LogP contribution >= 0.6 is 0 Å². The van der Waals surface area contributed by atoms with Crippen molar-refractivity contribution in [2.45, 2.75) is 29.9 Å². The fourth-order valence-electron chi connectivity index (χ4n) is 4.25. The van der Waals surface area contributed by atoms with Crippen molar-refractivity contribution in [3.63, 3.8) is 0 Å². The maximum Gasteiger partial charge on any atom is 0.387 e. The number of carboxylic acid groups (broad SMARTS) is 1. The van der Waals surface area contributed by atoms with Gasteiger partial charge in [-0.3, -0.25) is 4.79 Å². The molecule has 1 aliphatic rings. The smallest absolute Gasteiger partial charge is 0.387 e. The van der Waals surface area contributed by atoms with Crippen molar-refractivity contribution in [1.82, 2.24) is 4.31 Å². The van der Waals surface area contributed by atoms with E-state index in [-0.39, 0.29) is 10.6 Å². The predicted octanol–water partition coefficient (Wildman–Crippen LogP) is 4.73. The van der Waals surface area contributed by atoms with Gasteiger partial charge in [0.15, 0.2) is 0 Å². The van der Waals surface area contributed by atoms with Gasteiger partial charge in [0.2, 0.25) is 10.0 Å². The van der Waals surface area contributed by atoms with Crippen LogP contribution in [0.2, 0.25) is 0 Å². The van der Waals surface area contributed by atoms with Crippen LogP contribution in [0.1, 0.15) is 18.4 Å². The highest BCUT2D eigenvalue weighted by Gasteiger charge is 2.56. The molecule has 4 rings (SSSR count). The Morgan fingerprint density at radius 3 is 2.23 bits per heavy atom. The van der Waals surface area contributed by atoms with Crippen molar-refractivity contribution < 1.29 is 36.6 Å². The molecule has 1 saturated carbocycles. The number of halogens is 2. The Kier molecular flexibility index (Phi) is 6.77. The van der Waals surface area contributed by atoms with E-state index in [4.69, 9.17) is 4.74 Å². The molecule has 3 aromatic rings. The van der Waals surface area contributed by atoms with Crippen LogP contribution in [-0.4, -0.2) is 44.1 Å². The second kappa shape index (κ2) is 9.63. The maximum atomic E-state index is 13.6. The minimum absolute atomic E-state index is 0.206. The van der Waals surface area contributed by atoms with Crippen LogP contribution in [0.5, 0.6) is 11.5 Å². The number of nitrogens with zero attached hydrogens (tertiary/aromatic N) is 1. The number of para-hydroxylation sites is 1. The molecule has 0 unspecified atom stereocenters. The first-order chi connectivity index (χ1) is 16.7. The predicted molar refractivity (Wildman–Crippen MR) is 124 cm³/mol. The monoisotopic (exact) mass is 503 g/mol. The fraction of sp³-hybridized carbons (Fsp3) is 0.240. The highest BCUT2D eigenvalue weighted by atomic mass is 32.2. The number of hydrogen-bond donors (Lipinski definition) is 1. The van der Waals surface area contributed by atoms with E-state index in [1.54, 1.807) is 12.1 Å². The van der Waals surface area contributed by atoms with Gasteiger partial charge in [0, 0.05) is 11.1 Å². The summed E-state index contributed by atoms with van der Waals surface area (Å²) in [7, 11) is -2.85. The Bertz CT molecular complexity index is 1310. The minimum atomic E-state index is -4.33. The molecule has 3 aromatic carbocycles. The average molecular weight is 504 g/mol. The van der Waals surface area contributed by atoms with E-state index in [0.717, 1.165) is 39.7 Å². The molecule has 0 aromatic heterocycles. The summed E-state index contributed by atoms with van der Waals surface area (Å²) >= 11 is 0. The van der Waals surface area contributed by atoms with Crippen molar-refractivity contribution in [3.05, 3.63) is 78.4 Å². The molecule has 10 heteroatoms. The summed E-state index contributed by atoms with van der Waals surface area (Å²) in [4.78, 5) is 11.5. The van der Waals surface area contributed by atoms with Gasteiger partial charge in [-0.25, -0.2) is 8.42 Å². The third-order valence-electron chi connectivity index (χ3n) is 5.92. The number of methoxy groups -OCH3 is 1. The van der Waals surface area contributed by atoms with Crippen LogP contribution < -0.4 is 9.47 Å². The summed E-state index contributed by atoms with van der Waals surface area (Å²) in [5.41, 5.74) is 1.04. The molecule has 0 spiro atoms.